The smallest absolute Gasteiger partial charge is 0.0698 e. The molecular weight excluding hydrogens is 178 g/mol. The summed E-state index contributed by atoms with van der Waals surface area (Å²) in [5.74, 6) is 0. The molecule has 0 radical (unpaired) electrons. The second-order valence-electron chi connectivity index (χ2n) is 3.56. The molecule has 3 nitrogen and oxygen atoms in total. The molecule has 0 atom stereocenters. The number of nitrogens with one attached hydrogen (secondary N) is 1. The summed E-state index contributed by atoms with van der Waals surface area (Å²) in [7, 11) is 0. The van der Waals surface area contributed by atoms with Gasteiger partial charge in [-0.3, -0.25) is 0 Å². The lowest BCUT2D eigenvalue weighted by Crippen LogP contribution is -2.32. The van der Waals surface area contributed by atoms with Crippen LogP contribution in [0.25, 0.3) is 0 Å². The van der Waals surface area contributed by atoms with E-state index in [1.807, 2.05) is 0 Å². The van der Waals surface area contributed by atoms with Crippen molar-refractivity contribution >= 4 is 0 Å². The van der Waals surface area contributed by atoms with Gasteiger partial charge in [-0.15, -0.1) is 0 Å². The minimum absolute atomic E-state index is 0.118. The number of aliphatic hydroxyl groups excluding tert-OH is 1. The summed E-state index contributed by atoms with van der Waals surface area (Å²) in [4.78, 5) is 0. The molecule has 0 aromatic carbocycles. The molecule has 0 amide bonds. The highest BCUT2D eigenvalue weighted by Crippen LogP contribution is 2.03. The molecule has 0 aromatic rings. The Morgan fingerprint density at radius 3 is 2.29 bits per heavy atom. The minimum atomic E-state index is 0.118. The maximum atomic E-state index is 8.50. The maximum absolute atomic E-state index is 8.50. The number of aliphatic hydroxyl groups is 1. The lowest BCUT2D eigenvalue weighted by atomic mass is 10.1. The Balaban J connectivity index is 3.30. The van der Waals surface area contributed by atoms with Crippen molar-refractivity contribution in [2.75, 3.05) is 26.4 Å². The molecule has 0 rings (SSSR count). The van der Waals surface area contributed by atoms with Crippen LogP contribution in [0.4, 0.5) is 0 Å². The zero-order chi connectivity index (χ0) is 10.6. The molecule has 0 saturated heterocycles. The van der Waals surface area contributed by atoms with Gasteiger partial charge in [0.1, 0.15) is 0 Å². The van der Waals surface area contributed by atoms with Crippen LogP contribution in [0.1, 0.15) is 39.5 Å². The third kappa shape index (κ3) is 8.48. The zero-order valence-corrected chi connectivity index (χ0v) is 9.59. The van der Waals surface area contributed by atoms with E-state index in [4.69, 9.17) is 9.84 Å². The van der Waals surface area contributed by atoms with Crippen LogP contribution in [0, 0.1) is 0 Å². The molecule has 0 bridgehead atoms. The fourth-order valence-electron chi connectivity index (χ4n) is 1.55. The van der Waals surface area contributed by atoms with E-state index in [0.717, 1.165) is 6.54 Å². The number of hydrogen-bond donors (Lipinski definition) is 2. The number of rotatable bonds is 10. The molecule has 0 heterocycles. The highest BCUT2D eigenvalue weighted by Gasteiger charge is 2.04. The molecule has 0 aliphatic carbocycles. The molecule has 0 spiro atoms. The molecule has 3 heteroatoms. The first kappa shape index (κ1) is 13.9. The molecule has 0 unspecified atom stereocenters. The van der Waals surface area contributed by atoms with Gasteiger partial charge >= 0.3 is 0 Å². The standard InChI is InChI=1S/C11H25NO2/c1-3-5-11(6-4-2)12-7-9-14-10-8-13/h11-13H,3-10H2,1-2H3. The molecule has 0 aliphatic rings. The summed E-state index contributed by atoms with van der Waals surface area (Å²) in [6.45, 7) is 6.59. The number of hydrogen-bond acceptors (Lipinski definition) is 3. The summed E-state index contributed by atoms with van der Waals surface area (Å²) in [5, 5.41) is 12.0. The van der Waals surface area contributed by atoms with E-state index in [1.54, 1.807) is 0 Å². The normalized spacial score (nSPS) is 11.1. The third-order valence-electron chi connectivity index (χ3n) is 2.19. The van der Waals surface area contributed by atoms with Gasteiger partial charge in [0.2, 0.25) is 0 Å². The van der Waals surface area contributed by atoms with Crippen LogP contribution in [0.5, 0.6) is 0 Å². The fraction of sp³-hybridized carbons (Fsp3) is 1.00. The monoisotopic (exact) mass is 203 g/mol. The molecule has 0 fully saturated rings. The van der Waals surface area contributed by atoms with Crippen LogP contribution in [-0.4, -0.2) is 37.5 Å². The Labute approximate surface area is 87.8 Å². The Hall–Kier alpha value is -0.120. The van der Waals surface area contributed by atoms with Crippen molar-refractivity contribution in [2.45, 2.75) is 45.6 Å². The largest absolute Gasteiger partial charge is 0.394 e. The van der Waals surface area contributed by atoms with Gasteiger partial charge in [0.25, 0.3) is 0 Å². The average molecular weight is 203 g/mol. The summed E-state index contributed by atoms with van der Waals surface area (Å²) < 4.78 is 5.18. The van der Waals surface area contributed by atoms with Crippen LogP contribution in [0.2, 0.25) is 0 Å². The van der Waals surface area contributed by atoms with E-state index in [1.165, 1.54) is 25.7 Å². The lowest BCUT2D eigenvalue weighted by molar-refractivity contribution is 0.0922. The second-order valence-corrected chi connectivity index (χ2v) is 3.56. The van der Waals surface area contributed by atoms with Crippen molar-refractivity contribution in [3.8, 4) is 0 Å². The predicted molar refractivity (Wildman–Crippen MR) is 59.5 cm³/mol. The number of ether oxygens (including phenoxy) is 1. The Kier molecular flexibility index (Phi) is 10.9. The van der Waals surface area contributed by atoms with Crippen LogP contribution >= 0.6 is 0 Å². The van der Waals surface area contributed by atoms with E-state index in [-0.39, 0.29) is 6.61 Å². The van der Waals surface area contributed by atoms with E-state index >= 15 is 0 Å². The third-order valence-corrected chi connectivity index (χ3v) is 2.19. The summed E-state index contributed by atoms with van der Waals surface area (Å²) in [6, 6.07) is 0.641. The quantitative estimate of drug-likeness (QED) is 0.529. The lowest BCUT2D eigenvalue weighted by Gasteiger charge is -2.17. The van der Waals surface area contributed by atoms with Crippen molar-refractivity contribution in [1.82, 2.24) is 5.32 Å². The second kappa shape index (κ2) is 11.0. The van der Waals surface area contributed by atoms with Crippen LogP contribution in [0.3, 0.4) is 0 Å². The minimum Gasteiger partial charge on any atom is -0.394 e. The summed E-state index contributed by atoms with van der Waals surface area (Å²) in [5.41, 5.74) is 0. The Bertz CT molecular complexity index is 103. The van der Waals surface area contributed by atoms with E-state index in [9.17, 15) is 0 Å². The molecule has 0 saturated carbocycles. The van der Waals surface area contributed by atoms with E-state index < -0.39 is 0 Å². The van der Waals surface area contributed by atoms with Crippen molar-refractivity contribution in [1.29, 1.82) is 0 Å². The van der Waals surface area contributed by atoms with Crippen molar-refractivity contribution < 1.29 is 9.84 Å². The van der Waals surface area contributed by atoms with Gasteiger partial charge in [0.15, 0.2) is 0 Å². The van der Waals surface area contributed by atoms with Crippen LogP contribution < -0.4 is 5.32 Å². The zero-order valence-electron chi connectivity index (χ0n) is 9.59. The molecule has 2 N–H and O–H groups in total. The molecule has 14 heavy (non-hydrogen) atoms. The van der Waals surface area contributed by atoms with Crippen molar-refractivity contribution in [2.24, 2.45) is 0 Å². The van der Waals surface area contributed by atoms with Gasteiger partial charge in [-0.05, 0) is 12.8 Å². The first-order chi connectivity index (χ1) is 6.85. The van der Waals surface area contributed by atoms with Gasteiger partial charge in [-0.1, -0.05) is 26.7 Å². The van der Waals surface area contributed by atoms with E-state index in [0.29, 0.717) is 19.3 Å². The SMILES string of the molecule is CCCC(CCC)NCCOCCO. The molecular formula is C11H25NO2. The van der Waals surface area contributed by atoms with Gasteiger partial charge in [0.05, 0.1) is 19.8 Å². The van der Waals surface area contributed by atoms with Crippen LogP contribution in [0.15, 0.2) is 0 Å². The highest BCUT2D eigenvalue weighted by atomic mass is 16.5. The molecule has 0 aliphatic heterocycles. The average Bonchev–Trinajstić information content (AvgIpc) is 2.18. The highest BCUT2D eigenvalue weighted by molar-refractivity contribution is 4.64. The van der Waals surface area contributed by atoms with Gasteiger partial charge in [0, 0.05) is 12.6 Å². The Morgan fingerprint density at radius 2 is 1.79 bits per heavy atom. The Morgan fingerprint density at radius 1 is 1.14 bits per heavy atom. The summed E-state index contributed by atoms with van der Waals surface area (Å²) in [6.07, 6.45) is 4.95. The van der Waals surface area contributed by atoms with Crippen molar-refractivity contribution in [3.05, 3.63) is 0 Å². The van der Waals surface area contributed by atoms with Crippen LogP contribution in [-0.2, 0) is 4.74 Å². The first-order valence-electron chi connectivity index (χ1n) is 5.77. The fourth-order valence-corrected chi connectivity index (χ4v) is 1.55. The summed E-state index contributed by atoms with van der Waals surface area (Å²) >= 11 is 0. The molecule has 0 aromatic heterocycles. The van der Waals surface area contributed by atoms with Gasteiger partial charge < -0.3 is 15.2 Å². The van der Waals surface area contributed by atoms with Gasteiger partial charge in [-0.25, -0.2) is 0 Å². The van der Waals surface area contributed by atoms with Gasteiger partial charge in [-0.2, -0.15) is 0 Å². The van der Waals surface area contributed by atoms with E-state index in [2.05, 4.69) is 19.2 Å². The first-order valence-corrected chi connectivity index (χ1v) is 5.77. The predicted octanol–water partition coefficient (Wildman–Crippen LogP) is 1.55. The maximum Gasteiger partial charge on any atom is 0.0698 e. The topological polar surface area (TPSA) is 41.5 Å². The van der Waals surface area contributed by atoms with Crippen molar-refractivity contribution in [3.63, 3.8) is 0 Å². The molecule has 86 valence electrons.